The number of morpholine rings is 1. The summed E-state index contributed by atoms with van der Waals surface area (Å²) in [6.45, 7) is 4.54. The molecule has 0 bridgehead atoms. The van der Waals surface area contributed by atoms with Gasteiger partial charge in [0.2, 0.25) is 10.0 Å². The van der Waals surface area contributed by atoms with Crippen LogP contribution in [0.5, 0.6) is 0 Å². The number of ether oxygens (including phenoxy) is 1. The Morgan fingerprint density at radius 3 is 2.68 bits per heavy atom. The van der Waals surface area contributed by atoms with Gasteiger partial charge in [-0.2, -0.15) is 9.57 Å². The molecular formula is C27H32N6O3S. The first-order chi connectivity index (χ1) is 18.0. The zero-order valence-corrected chi connectivity index (χ0v) is 21.6. The summed E-state index contributed by atoms with van der Waals surface area (Å²) in [7, 11) is -3.60. The van der Waals surface area contributed by atoms with E-state index in [2.05, 4.69) is 25.8 Å². The number of H-pyrrole nitrogens is 1. The van der Waals surface area contributed by atoms with E-state index in [9.17, 15) is 13.7 Å². The number of hydrogen-bond acceptors (Lipinski definition) is 7. The first kappa shape index (κ1) is 25.4. The van der Waals surface area contributed by atoms with E-state index in [4.69, 9.17) is 4.74 Å². The van der Waals surface area contributed by atoms with Gasteiger partial charge < -0.3 is 14.6 Å². The van der Waals surface area contributed by atoms with Crippen LogP contribution in [0.3, 0.4) is 0 Å². The highest BCUT2D eigenvalue weighted by Crippen LogP contribution is 2.32. The Balaban J connectivity index is 1.50. The van der Waals surface area contributed by atoms with Crippen molar-refractivity contribution >= 4 is 15.7 Å². The second-order valence-electron chi connectivity index (χ2n) is 9.57. The number of benzene rings is 2. The Kier molecular flexibility index (Phi) is 7.86. The second kappa shape index (κ2) is 11.4. The molecule has 2 aliphatic rings. The summed E-state index contributed by atoms with van der Waals surface area (Å²) < 4.78 is 35.0. The Bertz CT molecular complexity index is 1320. The highest BCUT2D eigenvalue weighted by atomic mass is 32.2. The van der Waals surface area contributed by atoms with Crippen LogP contribution in [0.25, 0.3) is 0 Å². The lowest BCUT2D eigenvalue weighted by Crippen LogP contribution is -2.48. The number of nitrogens with one attached hydrogen (secondary N) is 1. The van der Waals surface area contributed by atoms with Crippen LogP contribution in [0, 0.1) is 11.3 Å². The van der Waals surface area contributed by atoms with Crippen molar-refractivity contribution in [1.29, 1.82) is 5.26 Å². The van der Waals surface area contributed by atoms with Gasteiger partial charge in [-0.3, -0.25) is 4.90 Å². The maximum atomic E-state index is 13.9. The molecule has 2 aliphatic heterocycles. The Hall–Kier alpha value is -3.23. The van der Waals surface area contributed by atoms with Crippen molar-refractivity contribution in [2.75, 3.05) is 50.0 Å². The molecule has 0 radical (unpaired) electrons. The summed E-state index contributed by atoms with van der Waals surface area (Å²) >= 11 is 0. The van der Waals surface area contributed by atoms with E-state index < -0.39 is 10.0 Å². The Labute approximate surface area is 218 Å². The number of nitrogens with zero attached hydrogens (tertiary/aromatic N) is 5. The molecule has 0 amide bonds. The zero-order valence-electron chi connectivity index (χ0n) is 20.8. The predicted molar refractivity (Wildman–Crippen MR) is 141 cm³/mol. The molecule has 0 aliphatic carbocycles. The molecule has 0 unspecified atom stereocenters. The summed E-state index contributed by atoms with van der Waals surface area (Å²) in [6, 6.07) is 17.5. The first-order valence-electron chi connectivity index (χ1n) is 12.6. The SMILES string of the molecule is N#Cc1ccc2c(c1)CN(S(=O)(=O)CCN1CCOCC1)[C@H](Cc1ccccc1)CN2Cc1cnc[nH]1. The van der Waals surface area contributed by atoms with Gasteiger partial charge in [-0.1, -0.05) is 30.3 Å². The first-order valence-corrected chi connectivity index (χ1v) is 14.2. The van der Waals surface area contributed by atoms with Gasteiger partial charge in [0.05, 0.1) is 49.2 Å². The monoisotopic (exact) mass is 520 g/mol. The van der Waals surface area contributed by atoms with Gasteiger partial charge in [-0.25, -0.2) is 13.4 Å². The van der Waals surface area contributed by atoms with Gasteiger partial charge in [-0.05, 0) is 35.7 Å². The fraction of sp³-hybridized carbons (Fsp3) is 0.407. The molecule has 1 aromatic heterocycles. The van der Waals surface area contributed by atoms with Crippen molar-refractivity contribution in [3.8, 4) is 6.07 Å². The largest absolute Gasteiger partial charge is 0.379 e. The van der Waals surface area contributed by atoms with Crippen molar-refractivity contribution in [1.82, 2.24) is 19.2 Å². The normalized spacial score (nSPS) is 19.2. The van der Waals surface area contributed by atoms with Crippen LogP contribution in [0.2, 0.25) is 0 Å². The van der Waals surface area contributed by atoms with E-state index in [1.165, 1.54) is 0 Å². The number of aromatic nitrogens is 2. The fourth-order valence-electron chi connectivity index (χ4n) is 5.12. The Morgan fingerprint density at radius 1 is 1.14 bits per heavy atom. The van der Waals surface area contributed by atoms with Crippen molar-refractivity contribution in [3.63, 3.8) is 0 Å². The summed E-state index contributed by atoms with van der Waals surface area (Å²) in [5, 5.41) is 9.56. The maximum Gasteiger partial charge on any atom is 0.215 e. The third-order valence-corrected chi connectivity index (χ3v) is 8.91. The molecule has 3 aromatic rings. The van der Waals surface area contributed by atoms with Crippen LogP contribution in [-0.2, 0) is 34.3 Å². The minimum Gasteiger partial charge on any atom is -0.379 e. The molecule has 0 saturated carbocycles. The number of hydrogen-bond donors (Lipinski definition) is 1. The van der Waals surface area contributed by atoms with Crippen LogP contribution < -0.4 is 4.90 Å². The quantitative estimate of drug-likeness (QED) is 0.486. The molecule has 9 nitrogen and oxygen atoms in total. The maximum absolute atomic E-state index is 13.9. The minimum atomic E-state index is -3.60. The van der Waals surface area contributed by atoms with Crippen molar-refractivity contribution in [3.05, 3.63) is 83.4 Å². The lowest BCUT2D eigenvalue weighted by Gasteiger charge is -2.33. The average Bonchev–Trinajstić information content (AvgIpc) is 3.38. The van der Waals surface area contributed by atoms with Crippen LogP contribution in [0.15, 0.2) is 61.1 Å². The second-order valence-corrected chi connectivity index (χ2v) is 11.6. The topological polar surface area (TPSA) is 106 Å². The van der Waals surface area contributed by atoms with Gasteiger partial charge in [0, 0.05) is 50.6 Å². The lowest BCUT2D eigenvalue weighted by molar-refractivity contribution is 0.0406. The molecule has 1 fully saturated rings. The number of nitriles is 1. The molecule has 2 aromatic carbocycles. The molecule has 37 heavy (non-hydrogen) atoms. The standard InChI is InChI=1S/C27H32N6O3S/c28-16-23-6-7-27-24(14-23)18-33(37(34,35)13-10-31-8-11-36-12-9-31)26(15-22-4-2-1-3-5-22)20-32(27)19-25-17-29-21-30-25/h1-7,14,17,21,26H,8-13,15,18-20H2,(H,29,30)/t26-/m1/s1. The third kappa shape index (κ3) is 6.19. The molecule has 1 N–H and O–H groups in total. The van der Waals surface area contributed by atoms with E-state index >= 15 is 0 Å². The van der Waals surface area contributed by atoms with E-state index in [1.54, 1.807) is 22.9 Å². The van der Waals surface area contributed by atoms with Crippen LogP contribution in [0.4, 0.5) is 5.69 Å². The highest BCUT2D eigenvalue weighted by Gasteiger charge is 2.36. The van der Waals surface area contributed by atoms with Crippen molar-refractivity contribution in [2.24, 2.45) is 0 Å². The average molecular weight is 521 g/mol. The predicted octanol–water partition coefficient (Wildman–Crippen LogP) is 2.38. The van der Waals surface area contributed by atoms with E-state index in [-0.39, 0.29) is 18.3 Å². The van der Waals surface area contributed by atoms with Gasteiger partial charge in [0.1, 0.15) is 0 Å². The lowest BCUT2D eigenvalue weighted by atomic mass is 10.1. The summed E-state index contributed by atoms with van der Waals surface area (Å²) in [5.74, 6) is 0.0477. The van der Waals surface area contributed by atoms with Crippen LogP contribution in [0.1, 0.15) is 22.4 Å². The number of aromatic amines is 1. The molecule has 1 saturated heterocycles. The molecule has 10 heteroatoms. The molecular weight excluding hydrogens is 488 g/mol. The smallest absolute Gasteiger partial charge is 0.215 e. The number of sulfonamides is 1. The van der Waals surface area contributed by atoms with E-state index in [0.717, 1.165) is 35.6 Å². The van der Waals surface area contributed by atoms with E-state index in [0.29, 0.717) is 44.8 Å². The number of anilines is 1. The van der Waals surface area contributed by atoms with Crippen molar-refractivity contribution in [2.45, 2.75) is 25.6 Å². The summed E-state index contributed by atoms with van der Waals surface area (Å²) in [4.78, 5) is 11.7. The van der Waals surface area contributed by atoms with Gasteiger partial charge in [0.15, 0.2) is 0 Å². The summed E-state index contributed by atoms with van der Waals surface area (Å²) in [6.07, 6.45) is 4.03. The van der Waals surface area contributed by atoms with E-state index in [1.807, 2.05) is 42.5 Å². The van der Waals surface area contributed by atoms with Crippen LogP contribution in [-0.4, -0.2) is 78.8 Å². The Morgan fingerprint density at radius 2 is 1.95 bits per heavy atom. The molecule has 194 valence electrons. The minimum absolute atomic E-state index is 0.0477. The molecule has 5 rings (SSSR count). The van der Waals surface area contributed by atoms with Gasteiger partial charge in [0.25, 0.3) is 0 Å². The fourth-order valence-corrected chi connectivity index (χ4v) is 6.78. The third-order valence-electron chi connectivity index (χ3n) is 7.07. The zero-order chi connectivity index (χ0) is 25.7. The number of fused-ring (bicyclic) bond motifs is 1. The summed E-state index contributed by atoms with van der Waals surface area (Å²) in [5.41, 5.74) is 4.33. The molecule has 3 heterocycles. The number of rotatable bonds is 8. The molecule has 1 atom stereocenters. The molecule has 0 spiro atoms. The van der Waals surface area contributed by atoms with Gasteiger partial charge >= 0.3 is 0 Å². The van der Waals surface area contributed by atoms with Crippen LogP contribution >= 0.6 is 0 Å². The highest BCUT2D eigenvalue weighted by molar-refractivity contribution is 7.89. The van der Waals surface area contributed by atoms with Gasteiger partial charge in [-0.15, -0.1) is 0 Å². The number of imidazole rings is 1. The van der Waals surface area contributed by atoms with Crippen molar-refractivity contribution < 1.29 is 13.2 Å².